The minimum absolute atomic E-state index is 0.0277. The number of hydrogen-bond acceptors (Lipinski definition) is 5. The number of benzene rings is 2. The van der Waals surface area contributed by atoms with Crippen LogP contribution in [0.1, 0.15) is 12.5 Å². The van der Waals surface area contributed by atoms with Gasteiger partial charge in [0, 0.05) is 16.1 Å². The number of carbonyl (C=O) groups excluding carboxylic acids is 1. The van der Waals surface area contributed by atoms with Crippen LogP contribution in [0.15, 0.2) is 58.1 Å². The Bertz CT molecular complexity index is 779. The molecule has 124 valence electrons. The summed E-state index contributed by atoms with van der Waals surface area (Å²) in [4.78, 5) is 22.3. The Morgan fingerprint density at radius 1 is 1.29 bits per heavy atom. The molecular formula is C16H14BrN3O4. The number of rotatable bonds is 6. The molecule has 24 heavy (non-hydrogen) atoms. The molecule has 0 radical (unpaired) electrons. The number of hydrazone groups is 1. The number of nitro groups is 1. The number of ether oxygens (including phenoxy) is 1. The molecule has 8 heteroatoms. The molecular weight excluding hydrogens is 378 g/mol. The van der Waals surface area contributed by atoms with Crippen LogP contribution >= 0.6 is 15.9 Å². The number of nitrogens with zero attached hydrogens (tertiary/aromatic N) is 2. The molecule has 0 bridgehead atoms. The Morgan fingerprint density at radius 3 is 2.67 bits per heavy atom. The Balaban J connectivity index is 1.98. The molecule has 1 N–H and O–H groups in total. The molecule has 2 aromatic carbocycles. The van der Waals surface area contributed by atoms with E-state index in [0.717, 1.165) is 10.0 Å². The standard InChI is InChI=1S/C16H14BrN3O4/c1-11(24-15-9-5-4-8-14(15)20(22)23)16(21)19-18-10-12-6-2-3-7-13(12)17/h2-11H,1H3,(H,19,21)/b18-10-/t11-/m0/s1. The maximum atomic E-state index is 12.0. The summed E-state index contributed by atoms with van der Waals surface area (Å²) in [5.74, 6) is -0.489. The Labute approximate surface area is 146 Å². The molecule has 0 spiro atoms. The first kappa shape index (κ1) is 17.6. The van der Waals surface area contributed by atoms with Crippen molar-refractivity contribution >= 4 is 33.7 Å². The third-order valence-corrected chi connectivity index (χ3v) is 3.74. The van der Waals surface area contributed by atoms with Crippen molar-refractivity contribution in [2.24, 2.45) is 5.10 Å². The average molecular weight is 392 g/mol. The van der Waals surface area contributed by atoms with Gasteiger partial charge < -0.3 is 4.74 Å². The van der Waals surface area contributed by atoms with Crippen molar-refractivity contribution in [2.45, 2.75) is 13.0 Å². The van der Waals surface area contributed by atoms with Gasteiger partial charge in [0.05, 0.1) is 11.1 Å². The topological polar surface area (TPSA) is 93.8 Å². The summed E-state index contributed by atoms with van der Waals surface area (Å²) in [7, 11) is 0. The monoisotopic (exact) mass is 391 g/mol. The second-order valence-electron chi connectivity index (χ2n) is 4.74. The van der Waals surface area contributed by atoms with Gasteiger partial charge in [0.1, 0.15) is 0 Å². The summed E-state index contributed by atoms with van der Waals surface area (Å²) in [6.45, 7) is 1.49. The molecule has 1 atom stereocenters. The highest BCUT2D eigenvalue weighted by molar-refractivity contribution is 9.10. The summed E-state index contributed by atoms with van der Waals surface area (Å²) in [6.07, 6.45) is 0.544. The average Bonchev–Trinajstić information content (AvgIpc) is 2.56. The van der Waals surface area contributed by atoms with Crippen LogP contribution in [0.5, 0.6) is 5.75 Å². The first-order chi connectivity index (χ1) is 11.5. The summed E-state index contributed by atoms with van der Waals surface area (Å²) < 4.78 is 6.20. The fraction of sp³-hybridized carbons (Fsp3) is 0.125. The van der Waals surface area contributed by atoms with Crippen LogP contribution < -0.4 is 10.2 Å². The van der Waals surface area contributed by atoms with Crippen LogP contribution in [-0.2, 0) is 4.79 Å². The van der Waals surface area contributed by atoms with E-state index in [1.165, 1.54) is 31.3 Å². The number of nitro benzene ring substituents is 1. The second kappa shape index (κ2) is 8.21. The van der Waals surface area contributed by atoms with E-state index in [2.05, 4.69) is 26.5 Å². The predicted octanol–water partition coefficient (Wildman–Crippen LogP) is 3.27. The van der Waals surface area contributed by atoms with Crippen LogP contribution in [0, 0.1) is 10.1 Å². The third kappa shape index (κ3) is 4.63. The molecule has 0 fully saturated rings. The first-order valence-electron chi connectivity index (χ1n) is 6.96. The second-order valence-corrected chi connectivity index (χ2v) is 5.60. The molecule has 0 aliphatic carbocycles. The Hall–Kier alpha value is -2.74. The summed E-state index contributed by atoms with van der Waals surface area (Å²) in [5, 5.41) is 14.8. The lowest BCUT2D eigenvalue weighted by Gasteiger charge is -2.12. The van der Waals surface area contributed by atoms with Crippen molar-refractivity contribution in [1.82, 2.24) is 5.43 Å². The van der Waals surface area contributed by atoms with Gasteiger partial charge in [0.25, 0.3) is 5.91 Å². The van der Waals surface area contributed by atoms with E-state index >= 15 is 0 Å². The van der Waals surface area contributed by atoms with Gasteiger partial charge in [0.15, 0.2) is 11.9 Å². The van der Waals surface area contributed by atoms with Crippen molar-refractivity contribution in [3.63, 3.8) is 0 Å². The normalized spacial score (nSPS) is 11.9. The Morgan fingerprint density at radius 2 is 1.96 bits per heavy atom. The van der Waals surface area contributed by atoms with E-state index in [1.54, 1.807) is 6.07 Å². The highest BCUT2D eigenvalue weighted by Gasteiger charge is 2.20. The summed E-state index contributed by atoms with van der Waals surface area (Å²) in [5.41, 5.74) is 2.94. The largest absolute Gasteiger partial charge is 0.474 e. The number of hydrogen-bond donors (Lipinski definition) is 1. The Kier molecular flexibility index (Phi) is 6.02. The van der Waals surface area contributed by atoms with Gasteiger partial charge in [0.2, 0.25) is 0 Å². The van der Waals surface area contributed by atoms with Crippen molar-refractivity contribution < 1.29 is 14.5 Å². The van der Waals surface area contributed by atoms with Gasteiger partial charge in [-0.1, -0.05) is 46.3 Å². The molecule has 0 unspecified atom stereocenters. The predicted molar refractivity (Wildman–Crippen MR) is 93.1 cm³/mol. The SMILES string of the molecule is C[C@H](Oc1ccccc1[N+](=O)[O-])C(=O)N/N=C\c1ccccc1Br. The fourth-order valence-electron chi connectivity index (χ4n) is 1.79. The molecule has 1 amide bonds. The van der Waals surface area contributed by atoms with Gasteiger partial charge in [-0.25, -0.2) is 5.43 Å². The quantitative estimate of drug-likeness (QED) is 0.464. The third-order valence-electron chi connectivity index (χ3n) is 3.02. The molecule has 0 saturated heterocycles. The van der Waals surface area contributed by atoms with Crippen molar-refractivity contribution in [3.05, 3.63) is 68.7 Å². The van der Waals surface area contributed by atoms with E-state index in [4.69, 9.17) is 4.74 Å². The van der Waals surface area contributed by atoms with Crippen LogP contribution in [0.3, 0.4) is 0 Å². The van der Waals surface area contributed by atoms with Gasteiger partial charge in [-0.15, -0.1) is 0 Å². The summed E-state index contributed by atoms with van der Waals surface area (Å²) in [6, 6.07) is 13.3. The molecule has 2 aromatic rings. The molecule has 0 aliphatic heterocycles. The number of para-hydroxylation sites is 2. The van der Waals surface area contributed by atoms with Crippen LogP contribution in [0.25, 0.3) is 0 Å². The minimum Gasteiger partial charge on any atom is -0.474 e. The minimum atomic E-state index is -0.942. The van der Waals surface area contributed by atoms with Gasteiger partial charge >= 0.3 is 5.69 Å². The van der Waals surface area contributed by atoms with E-state index in [-0.39, 0.29) is 11.4 Å². The van der Waals surface area contributed by atoms with Crippen molar-refractivity contribution in [2.75, 3.05) is 0 Å². The maximum absolute atomic E-state index is 12.0. The van der Waals surface area contributed by atoms with Gasteiger partial charge in [-0.05, 0) is 19.1 Å². The van der Waals surface area contributed by atoms with Gasteiger partial charge in [-0.3, -0.25) is 14.9 Å². The zero-order valence-corrected chi connectivity index (χ0v) is 14.3. The van der Waals surface area contributed by atoms with Crippen LogP contribution in [0.4, 0.5) is 5.69 Å². The van der Waals surface area contributed by atoms with Gasteiger partial charge in [-0.2, -0.15) is 5.10 Å². The lowest BCUT2D eigenvalue weighted by atomic mass is 10.2. The smallest absolute Gasteiger partial charge is 0.310 e. The zero-order valence-electron chi connectivity index (χ0n) is 12.7. The van der Waals surface area contributed by atoms with Crippen LogP contribution in [0.2, 0.25) is 0 Å². The molecule has 0 heterocycles. The first-order valence-corrected chi connectivity index (χ1v) is 7.76. The van der Waals surface area contributed by atoms with E-state index in [9.17, 15) is 14.9 Å². The molecule has 0 aromatic heterocycles. The molecule has 0 aliphatic rings. The lowest BCUT2D eigenvalue weighted by Crippen LogP contribution is -2.33. The number of carbonyl (C=O) groups is 1. The highest BCUT2D eigenvalue weighted by Crippen LogP contribution is 2.26. The zero-order chi connectivity index (χ0) is 17.5. The van der Waals surface area contributed by atoms with E-state index < -0.39 is 16.9 Å². The maximum Gasteiger partial charge on any atom is 0.310 e. The fourth-order valence-corrected chi connectivity index (χ4v) is 2.17. The number of halogens is 1. The van der Waals surface area contributed by atoms with Crippen molar-refractivity contribution in [3.8, 4) is 5.75 Å². The summed E-state index contributed by atoms with van der Waals surface area (Å²) >= 11 is 3.37. The van der Waals surface area contributed by atoms with Crippen molar-refractivity contribution in [1.29, 1.82) is 0 Å². The number of amides is 1. The lowest BCUT2D eigenvalue weighted by molar-refractivity contribution is -0.386. The highest BCUT2D eigenvalue weighted by atomic mass is 79.9. The molecule has 2 rings (SSSR count). The van der Waals surface area contributed by atoms with Crippen LogP contribution in [-0.4, -0.2) is 23.1 Å². The van der Waals surface area contributed by atoms with E-state index in [1.807, 2.05) is 24.3 Å². The molecule has 7 nitrogen and oxygen atoms in total. The number of nitrogens with one attached hydrogen (secondary N) is 1. The van der Waals surface area contributed by atoms with E-state index in [0.29, 0.717) is 0 Å². The molecule has 0 saturated carbocycles.